The highest BCUT2D eigenvalue weighted by Crippen LogP contribution is 2.16. The molecule has 0 saturated heterocycles. The van der Waals surface area contributed by atoms with Crippen molar-refractivity contribution >= 4 is 16.9 Å². The molecule has 3 aromatic rings. The maximum atomic E-state index is 11.5. The first-order valence-electron chi connectivity index (χ1n) is 7.21. The zero-order valence-corrected chi connectivity index (χ0v) is 12.1. The predicted octanol–water partition coefficient (Wildman–Crippen LogP) is 2.79. The van der Waals surface area contributed by atoms with Gasteiger partial charge in [0.05, 0.1) is 17.4 Å². The second-order valence-electron chi connectivity index (χ2n) is 5.17. The lowest BCUT2D eigenvalue weighted by molar-refractivity contribution is 0.0706. The van der Waals surface area contributed by atoms with Crippen LogP contribution in [0.5, 0.6) is 0 Å². The SMILES string of the molecule is O=C(NO)c1ccc2ncn(CCCc3ccccc3)c2c1. The molecule has 1 heterocycles. The maximum Gasteiger partial charge on any atom is 0.274 e. The Labute approximate surface area is 128 Å². The van der Waals surface area contributed by atoms with Crippen molar-refractivity contribution in [1.29, 1.82) is 0 Å². The number of hydrogen-bond donors (Lipinski definition) is 2. The topological polar surface area (TPSA) is 67.2 Å². The van der Waals surface area contributed by atoms with Crippen molar-refractivity contribution in [2.45, 2.75) is 19.4 Å². The molecule has 0 spiro atoms. The van der Waals surface area contributed by atoms with Crippen LogP contribution >= 0.6 is 0 Å². The standard InChI is InChI=1S/C17H17N3O2/c21-17(19-22)14-8-9-15-16(11-14)20(12-18-15)10-4-7-13-5-2-1-3-6-13/h1-3,5-6,8-9,11-12,22H,4,7,10H2,(H,19,21). The predicted molar refractivity (Wildman–Crippen MR) is 83.7 cm³/mol. The molecule has 0 bridgehead atoms. The van der Waals surface area contributed by atoms with Gasteiger partial charge in [0, 0.05) is 12.1 Å². The Morgan fingerprint density at radius 1 is 1.18 bits per heavy atom. The van der Waals surface area contributed by atoms with Gasteiger partial charge < -0.3 is 4.57 Å². The number of amides is 1. The molecule has 2 aromatic carbocycles. The van der Waals surface area contributed by atoms with E-state index in [0.717, 1.165) is 30.4 Å². The molecule has 0 saturated carbocycles. The molecule has 5 heteroatoms. The molecule has 3 rings (SSSR count). The van der Waals surface area contributed by atoms with Crippen molar-refractivity contribution in [1.82, 2.24) is 15.0 Å². The first-order chi connectivity index (χ1) is 10.8. The Morgan fingerprint density at radius 2 is 2.00 bits per heavy atom. The van der Waals surface area contributed by atoms with Gasteiger partial charge >= 0.3 is 0 Å². The highest BCUT2D eigenvalue weighted by atomic mass is 16.5. The molecule has 1 aromatic heterocycles. The number of aryl methyl sites for hydroxylation is 2. The number of carbonyl (C=O) groups is 1. The Hall–Kier alpha value is -2.66. The van der Waals surface area contributed by atoms with E-state index in [2.05, 4.69) is 17.1 Å². The average molecular weight is 295 g/mol. The van der Waals surface area contributed by atoms with Crippen LogP contribution in [0.3, 0.4) is 0 Å². The number of rotatable bonds is 5. The quantitative estimate of drug-likeness (QED) is 0.562. The summed E-state index contributed by atoms with van der Waals surface area (Å²) in [6, 6.07) is 15.5. The summed E-state index contributed by atoms with van der Waals surface area (Å²) in [7, 11) is 0. The van der Waals surface area contributed by atoms with Gasteiger partial charge in [0.2, 0.25) is 0 Å². The van der Waals surface area contributed by atoms with Crippen molar-refractivity contribution < 1.29 is 10.0 Å². The summed E-state index contributed by atoms with van der Waals surface area (Å²) in [5, 5.41) is 8.73. The summed E-state index contributed by atoms with van der Waals surface area (Å²) in [6.45, 7) is 0.829. The number of hydroxylamine groups is 1. The minimum atomic E-state index is -0.515. The second-order valence-corrected chi connectivity index (χ2v) is 5.17. The number of nitrogens with zero attached hydrogens (tertiary/aromatic N) is 2. The monoisotopic (exact) mass is 295 g/mol. The number of imidazole rings is 1. The van der Waals surface area contributed by atoms with Gasteiger partial charge in [-0.1, -0.05) is 30.3 Å². The average Bonchev–Trinajstić information content (AvgIpc) is 2.97. The number of hydrogen-bond acceptors (Lipinski definition) is 3. The molecule has 0 atom stereocenters. The third-order valence-corrected chi connectivity index (χ3v) is 3.69. The number of nitrogens with one attached hydrogen (secondary N) is 1. The van der Waals surface area contributed by atoms with Crippen LogP contribution < -0.4 is 5.48 Å². The summed E-state index contributed by atoms with van der Waals surface area (Å²) < 4.78 is 2.03. The van der Waals surface area contributed by atoms with E-state index in [-0.39, 0.29) is 0 Å². The van der Waals surface area contributed by atoms with Crippen molar-refractivity contribution in [2.75, 3.05) is 0 Å². The zero-order valence-electron chi connectivity index (χ0n) is 12.1. The number of benzene rings is 2. The van der Waals surface area contributed by atoms with Crippen LogP contribution in [-0.4, -0.2) is 20.7 Å². The fourth-order valence-corrected chi connectivity index (χ4v) is 2.54. The molecule has 5 nitrogen and oxygen atoms in total. The van der Waals surface area contributed by atoms with E-state index >= 15 is 0 Å². The molecule has 0 radical (unpaired) electrons. The molecule has 0 aliphatic heterocycles. The lowest BCUT2D eigenvalue weighted by Gasteiger charge is -2.06. The van der Waals surface area contributed by atoms with Crippen molar-refractivity contribution in [3.63, 3.8) is 0 Å². The molecule has 0 aliphatic rings. The van der Waals surface area contributed by atoms with Gasteiger partial charge in [0.15, 0.2) is 0 Å². The van der Waals surface area contributed by atoms with Crippen LogP contribution in [0, 0.1) is 0 Å². The lowest BCUT2D eigenvalue weighted by atomic mass is 10.1. The van der Waals surface area contributed by atoms with E-state index < -0.39 is 5.91 Å². The summed E-state index contributed by atoms with van der Waals surface area (Å²) in [6.07, 6.45) is 3.78. The van der Waals surface area contributed by atoms with E-state index in [0.29, 0.717) is 5.56 Å². The van der Waals surface area contributed by atoms with E-state index in [1.165, 1.54) is 5.56 Å². The summed E-state index contributed by atoms with van der Waals surface area (Å²) in [4.78, 5) is 15.8. The van der Waals surface area contributed by atoms with Crippen molar-refractivity contribution in [3.8, 4) is 0 Å². The van der Waals surface area contributed by atoms with Crippen molar-refractivity contribution in [2.24, 2.45) is 0 Å². The van der Waals surface area contributed by atoms with Crippen LogP contribution in [0.25, 0.3) is 11.0 Å². The number of fused-ring (bicyclic) bond motifs is 1. The molecular weight excluding hydrogens is 278 g/mol. The van der Waals surface area contributed by atoms with Crippen LogP contribution in [-0.2, 0) is 13.0 Å². The first-order valence-corrected chi connectivity index (χ1v) is 7.21. The summed E-state index contributed by atoms with van der Waals surface area (Å²) in [5.74, 6) is -0.515. The Kier molecular flexibility index (Phi) is 4.16. The maximum absolute atomic E-state index is 11.5. The molecule has 22 heavy (non-hydrogen) atoms. The molecule has 0 aliphatic carbocycles. The van der Waals surface area contributed by atoms with Gasteiger partial charge in [-0.2, -0.15) is 0 Å². The second kappa shape index (κ2) is 6.41. The van der Waals surface area contributed by atoms with Crippen LogP contribution in [0.4, 0.5) is 0 Å². The minimum Gasteiger partial charge on any atom is -0.331 e. The fraction of sp³-hybridized carbons (Fsp3) is 0.176. The first kappa shape index (κ1) is 14.3. The zero-order chi connectivity index (χ0) is 15.4. The summed E-state index contributed by atoms with van der Waals surface area (Å²) >= 11 is 0. The Balaban J connectivity index is 1.74. The molecule has 2 N–H and O–H groups in total. The van der Waals surface area contributed by atoms with Crippen LogP contribution in [0.2, 0.25) is 0 Å². The highest BCUT2D eigenvalue weighted by Gasteiger charge is 2.08. The van der Waals surface area contributed by atoms with Gasteiger partial charge in [-0.25, -0.2) is 10.5 Å². The lowest BCUT2D eigenvalue weighted by Crippen LogP contribution is -2.18. The van der Waals surface area contributed by atoms with Gasteiger partial charge in [0.25, 0.3) is 5.91 Å². The molecular formula is C17H17N3O2. The normalized spacial score (nSPS) is 10.8. The molecule has 0 unspecified atom stereocenters. The Morgan fingerprint density at radius 3 is 2.77 bits per heavy atom. The third kappa shape index (κ3) is 2.99. The minimum absolute atomic E-state index is 0.416. The summed E-state index contributed by atoms with van der Waals surface area (Å²) in [5.41, 5.74) is 5.12. The Bertz CT molecular complexity index is 781. The van der Waals surface area contributed by atoms with Gasteiger partial charge in [-0.05, 0) is 36.6 Å². The van der Waals surface area contributed by atoms with E-state index in [1.54, 1.807) is 30.0 Å². The fourth-order valence-electron chi connectivity index (χ4n) is 2.54. The van der Waals surface area contributed by atoms with Crippen LogP contribution in [0.1, 0.15) is 22.3 Å². The van der Waals surface area contributed by atoms with E-state index in [1.807, 2.05) is 22.8 Å². The van der Waals surface area contributed by atoms with Gasteiger partial charge in [0.1, 0.15) is 0 Å². The van der Waals surface area contributed by atoms with Gasteiger partial charge in [-0.3, -0.25) is 10.0 Å². The van der Waals surface area contributed by atoms with E-state index in [9.17, 15) is 4.79 Å². The van der Waals surface area contributed by atoms with E-state index in [4.69, 9.17) is 5.21 Å². The highest BCUT2D eigenvalue weighted by molar-refractivity contribution is 5.96. The van der Waals surface area contributed by atoms with Crippen LogP contribution in [0.15, 0.2) is 54.9 Å². The largest absolute Gasteiger partial charge is 0.331 e. The third-order valence-electron chi connectivity index (χ3n) is 3.69. The van der Waals surface area contributed by atoms with Crippen molar-refractivity contribution in [3.05, 3.63) is 66.0 Å². The molecule has 1 amide bonds. The smallest absolute Gasteiger partial charge is 0.274 e. The molecule has 112 valence electrons. The number of carbonyl (C=O) groups excluding carboxylic acids is 1. The van der Waals surface area contributed by atoms with Gasteiger partial charge in [-0.15, -0.1) is 0 Å². The molecule has 0 fully saturated rings. The number of aromatic nitrogens is 2.